The number of allylic oxidation sites excluding steroid dienone is 10. The van der Waals surface area contributed by atoms with Gasteiger partial charge in [-0.1, -0.05) is 72.8 Å². The molecular weight excluding hydrogens is 390 g/mol. The predicted molar refractivity (Wildman–Crippen MR) is 121 cm³/mol. The van der Waals surface area contributed by atoms with Gasteiger partial charge in [-0.15, -0.1) is 0 Å². The maximum atomic E-state index is 6.24. The Labute approximate surface area is 184 Å². The van der Waals surface area contributed by atoms with E-state index in [1.165, 1.54) is 11.3 Å². The maximum Gasteiger partial charge on any atom is 0.199 e. The van der Waals surface area contributed by atoms with E-state index in [1.54, 1.807) is 0 Å². The maximum absolute atomic E-state index is 6.24. The molecule has 4 rings (SSSR count). The summed E-state index contributed by atoms with van der Waals surface area (Å²) in [6, 6.07) is 20.4. The van der Waals surface area contributed by atoms with Gasteiger partial charge in [-0.25, -0.2) is 4.58 Å². The van der Waals surface area contributed by atoms with Crippen LogP contribution in [0, 0.1) is 0 Å². The Bertz CT molecular complexity index is 1030. The highest BCUT2D eigenvalue weighted by Crippen LogP contribution is 2.32. The van der Waals surface area contributed by atoms with Crippen molar-refractivity contribution in [1.29, 1.82) is 0 Å². The fraction of sp³-hybridized carbons (Fsp3) is 0.0741. The van der Waals surface area contributed by atoms with Crippen LogP contribution in [-0.2, 0) is 4.74 Å². The van der Waals surface area contributed by atoms with Gasteiger partial charge in [0, 0.05) is 23.3 Å². The number of hydrogen-bond acceptors (Lipinski definition) is 1. The van der Waals surface area contributed by atoms with Crippen molar-refractivity contribution < 1.29 is 21.7 Å². The average molecular weight is 414 g/mol. The molecule has 1 heterocycles. The standard InChI is InChI=1S/C27H24NO.ClH/c1-28(2)25-17-15-21(16-18-25)13-14-22-19-26(23-9-5-3-6-10-23)29-27(20-22)24-11-7-4-8-12-24;/h3-20H,1-2H3;1H/q+1;/p-1. The van der Waals surface area contributed by atoms with Crippen LogP contribution in [0.1, 0.15) is 11.1 Å². The molecule has 1 aliphatic carbocycles. The van der Waals surface area contributed by atoms with Crippen molar-refractivity contribution in [3.05, 3.63) is 132 Å². The summed E-state index contributed by atoms with van der Waals surface area (Å²) in [7, 11) is 4.10. The van der Waals surface area contributed by atoms with E-state index >= 15 is 0 Å². The van der Waals surface area contributed by atoms with Crippen LogP contribution in [0.25, 0.3) is 11.5 Å². The zero-order valence-corrected chi connectivity index (χ0v) is 17.9. The van der Waals surface area contributed by atoms with E-state index in [0.29, 0.717) is 0 Å². The summed E-state index contributed by atoms with van der Waals surface area (Å²) in [5.74, 6) is 1.71. The van der Waals surface area contributed by atoms with Gasteiger partial charge in [0.15, 0.2) is 5.71 Å². The molecule has 2 nitrogen and oxygen atoms in total. The number of rotatable bonds is 3. The minimum atomic E-state index is 0. The molecule has 0 bridgehead atoms. The van der Waals surface area contributed by atoms with Crippen molar-refractivity contribution in [3.8, 4) is 0 Å². The van der Waals surface area contributed by atoms with E-state index in [1.807, 2.05) is 36.4 Å². The molecule has 2 aliphatic rings. The van der Waals surface area contributed by atoms with E-state index in [0.717, 1.165) is 28.2 Å². The molecule has 0 atom stereocenters. The highest BCUT2D eigenvalue weighted by Gasteiger charge is 2.14. The summed E-state index contributed by atoms with van der Waals surface area (Å²) in [4.78, 5) is 0. The molecule has 0 fully saturated rings. The molecule has 0 saturated carbocycles. The van der Waals surface area contributed by atoms with Gasteiger partial charge >= 0.3 is 0 Å². The molecule has 0 amide bonds. The predicted octanol–water partition coefficient (Wildman–Crippen LogP) is 2.79. The minimum absolute atomic E-state index is 0. The first-order chi connectivity index (χ1) is 14.2. The number of benzene rings is 2. The fourth-order valence-corrected chi connectivity index (χ4v) is 3.18. The Hall–Kier alpha value is -3.36. The summed E-state index contributed by atoms with van der Waals surface area (Å²) in [6.45, 7) is 0. The van der Waals surface area contributed by atoms with Gasteiger partial charge < -0.3 is 17.1 Å². The van der Waals surface area contributed by atoms with Crippen molar-refractivity contribution in [1.82, 2.24) is 0 Å². The van der Waals surface area contributed by atoms with Crippen molar-refractivity contribution >= 4 is 17.2 Å². The van der Waals surface area contributed by atoms with E-state index < -0.39 is 0 Å². The first kappa shape index (κ1) is 21.4. The Morgan fingerprint density at radius 2 is 1.10 bits per heavy atom. The van der Waals surface area contributed by atoms with Crippen molar-refractivity contribution in [2.75, 3.05) is 14.1 Å². The molecule has 0 radical (unpaired) electrons. The number of hydrogen-bond donors (Lipinski definition) is 0. The summed E-state index contributed by atoms with van der Waals surface area (Å²) in [6.07, 6.45) is 17.0. The van der Waals surface area contributed by atoms with Gasteiger partial charge in [0.2, 0.25) is 0 Å². The van der Waals surface area contributed by atoms with Crippen LogP contribution in [0.2, 0.25) is 0 Å². The van der Waals surface area contributed by atoms with E-state index in [4.69, 9.17) is 4.74 Å². The molecule has 2 aromatic rings. The van der Waals surface area contributed by atoms with Crippen LogP contribution in [0.3, 0.4) is 0 Å². The quantitative estimate of drug-likeness (QED) is 0.705. The van der Waals surface area contributed by atoms with Crippen LogP contribution in [0.15, 0.2) is 120 Å². The molecule has 2 aromatic carbocycles. The SMILES string of the molecule is C[N+](C)=C1C=CC(=CC=C2C=C(c3ccccc3)OC(c3ccccc3)=C2)C=C1.[Cl-]. The van der Waals surface area contributed by atoms with Gasteiger partial charge in [0.25, 0.3) is 0 Å². The Morgan fingerprint density at radius 1 is 0.633 bits per heavy atom. The number of halogens is 1. The van der Waals surface area contributed by atoms with E-state index in [2.05, 4.69) is 91.5 Å². The Balaban J connectivity index is 0.00000256. The van der Waals surface area contributed by atoms with Gasteiger partial charge in [-0.2, -0.15) is 0 Å². The molecule has 0 unspecified atom stereocenters. The van der Waals surface area contributed by atoms with Gasteiger partial charge in [0.05, 0.1) is 0 Å². The summed E-state index contributed by atoms with van der Waals surface area (Å²) >= 11 is 0. The molecule has 1 aliphatic heterocycles. The third kappa shape index (κ3) is 5.16. The second kappa shape index (κ2) is 9.91. The van der Waals surface area contributed by atoms with E-state index in [9.17, 15) is 0 Å². The highest BCUT2D eigenvalue weighted by atomic mass is 35.5. The second-order valence-electron chi connectivity index (χ2n) is 7.17. The van der Waals surface area contributed by atoms with Crippen LogP contribution in [0.4, 0.5) is 0 Å². The molecular formula is C27H24ClNO. The second-order valence-corrected chi connectivity index (χ2v) is 7.17. The normalized spacial score (nSPS) is 14.9. The van der Waals surface area contributed by atoms with Crippen LogP contribution >= 0.6 is 0 Å². The first-order valence-electron chi connectivity index (χ1n) is 9.73. The Kier molecular flexibility index (Phi) is 7.05. The minimum Gasteiger partial charge on any atom is -1.00 e. The zero-order chi connectivity index (χ0) is 20.1. The summed E-state index contributed by atoms with van der Waals surface area (Å²) in [5.41, 5.74) is 5.59. The molecule has 0 spiro atoms. The topological polar surface area (TPSA) is 12.2 Å². The smallest absolute Gasteiger partial charge is 0.199 e. The summed E-state index contributed by atoms with van der Waals surface area (Å²) < 4.78 is 8.35. The van der Waals surface area contributed by atoms with Crippen LogP contribution in [-0.4, -0.2) is 24.4 Å². The molecule has 0 aromatic heterocycles. The lowest BCUT2D eigenvalue weighted by Gasteiger charge is -2.19. The third-order valence-corrected chi connectivity index (χ3v) is 4.81. The molecule has 0 saturated heterocycles. The molecule has 0 N–H and O–H groups in total. The van der Waals surface area contributed by atoms with Crippen molar-refractivity contribution in [2.24, 2.45) is 0 Å². The van der Waals surface area contributed by atoms with Gasteiger partial charge in [0.1, 0.15) is 25.6 Å². The number of ether oxygens (including phenoxy) is 1. The monoisotopic (exact) mass is 413 g/mol. The fourth-order valence-electron chi connectivity index (χ4n) is 3.18. The summed E-state index contributed by atoms with van der Waals surface area (Å²) in [5, 5.41) is 0. The van der Waals surface area contributed by atoms with Crippen LogP contribution < -0.4 is 12.4 Å². The van der Waals surface area contributed by atoms with Gasteiger partial charge in [-0.05, 0) is 35.5 Å². The van der Waals surface area contributed by atoms with Crippen LogP contribution in [0.5, 0.6) is 0 Å². The Morgan fingerprint density at radius 3 is 1.57 bits per heavy atom. The van der Waals surface area contributed by atoms with Crippen molar-refractivity contribution in [2.45, 2.75) is 0 Å². The number of nitrogens with zero attached hydrogens (tertiary/aromatic N) is 1. The molecule has 30 heavy (non-hydrogen) atoms. The molecule has 3 heteroatoms. The average Bonchev–Trinajstić information content (AvgIpc) is 2.79. The largest absolute Gasteiger partial charge is 1.00 e. The first-order valence-corrected chi connectivity index (χ1v) is 9.73. The lowest BCUT2D eigenvalue weighted by Crippen LogP contribution is -3.00. The zero-order valence-electron chi connectivity index (χ0n) is 17.1. The lowest BCUT2D eigenvalue weighted by atomic mass is 10.0. The molecule has 150 valence electrons. The van der Waals surface area contributed by atoms with Crippen molar-refractivity contribution in [3.63, 3.8) is 0 Å². The third-order valence-electron chi connectivity index (χ3n) is 4.81. The lowest BCUT2D eigenvalue weighted by molar-refractivity contribution is -0.462. The van der Waals surface area contributed by atoms with E-state index in [-0.39, 0.29) is 12.4 Å². The highest BCUT2D eigenvalue weighted by molar-refractivity contribution is 6.02. The van der Waals surface area contributed by atoms with Gasteiger partial charge in [-0.3, -0.25) is 0 Å².